The average molecular weight is 425 g/mol. The van der Waals surface area contributed by atoms with E-state index in [0.717, 1.165) is 39.4 Å². The van der Waals surface area contributed by atoms with Gasteiger partial charge in [0.15, 0.2) is 0 Å². The number of aliphatic hydroxyl groups is 1. The Morgan fingerprint density at radius 1 is 1.03 bits per heavy atom. The van der Waals surface area contributed by atoms with Crippen LogP contribution in [-0.2, 0) is 6.42 Å². The van der Waals surface area contributed by atoms with Crippen LogP contribution in [0.5, 0.6) is 11.5 Å². The molecule has 0 radical (unpaired) electrons. The largest absolute Gasteiger partial charge is 0.543 e. The molecule has 0 amide bonds. The van der Waals surface area contributed by atoms with Gasteiger partial charge in [-0.25, -0.2) is 0 Å². The molecule has 160 valence electrons. The minimum Gasteiger partial charge on any atom is -0.543 e. The van der Waals surface area contributed by atoms with Crippen molar-refractivity contribution in [2.24, 2.45) is 0 Å². The SMILES string of the molecule is CC(C)(O)C1Cc2cc3cc(-c4cccc(O[Si](C)(C)C(C)(C)C)c4)oc3cc2O1. The fourth-order valence-electron chi connectivity index (χ4n) is 3.48. The van der Waals surface area contributed by atoms with Crippen LogP contribution in [0.25, 0.3) is 22.3 Å². The highest BCUT2D eigenvalue weighted by Gasteiger charge is 2.39. The summed E-state index contributed by atoms with van der Waals surface area (Å²) in [4.78, 5) is 0. The molecule has 1 unspecified atom stereocenters. The number of benzene rings is 2. The first kappa shape index (κ1) is 21.0. The molecule has 0 spiro atoms. The van der Waals surface area contributed by atoms with E-state index in [1.54, 1.807) is 13.8 Å². The molecule has 1 aromatic heterocycles. The average Bonchev–Trinajstić information content (AvgIpc) is 3.21. The number of rotatable bonds is 4. The third-order valence-corrected chi connectivity index (χ3v) is 10.8. The van der Waals surface area contributed by atoms with Gasteiger partial charge in [0.25, 0.3) is 0 Å². The van der Waals surface area contributed by atoms with E-state index in [-0.39, 0.29) is 11.1 Å². The van der Waals surface area contributed by atoms with Crippen LogP contribution >= 0.6 is 0 Å². The van der Waals surface area contributed by atoms with Crippen LogP contribution < -0.4 is 9.16 Å². The van der Waals surface area contributed by atoms with E-state index in [4.69, 9.17) is 13.6 Å². The van der Waals surface area contributed by atoms with Crippen LogP contribution in [0.2, 0.25) is 18.1 Å². The van der Waals surface area contributed by atoms with Crippen LogP contribution in [0.4, 0.5) is 0 Å². The molecule has 1 aliphatic heterocycles. The van der Waals surface area contributed by atoms with Crippen LogP contribution in [0, 0.1) is 0 Å². The van der Waals surface area contributed by atoms with E-state index >= 15 is 0 Å². The van der Waals surface area contributed by atoms with Gasteiger partial charge in [-0.05, 0) is 61.8 Å². The van der Waals surface area contributed by atoms with Gasteiger partial charge in [0.05, 0.1) is 5.60 Å². The van der Waals surface area contributed by atoms with Crippen LogP contribution in [0.3, 0.4) is 0 Å². The van der Waals surface area contributed by atoms with Crippen molar-refractivity contribution < 1.29 is 18.7 Å². The highest BCUT2D eigenvalue weighted by atomic mass is 28.4. The lowest BCUT2D eigenvalue weighted by Gasteiger charge is -2.36. The summed E-state index contributed by atoms with van der Waals surface area (Å²) in [5, 5.41) is 11.5. The number of hydrogen-bond acceptors (Lipinski definition) is 4. The highest BCUT2D eigenvalue weighted by molar-refractivity contribution is 6.74. The summed E-state index contributed by atoms with van der Waals surface area (Å²) in [7, 11) is -1.90. The third-order valence-electron chi connectivity index (χ3n) is 6.46. The first-order valence-electron chi connectivity index (χ1n) is 10.6. The van der Waals surface area contributed by atoms with Crippen molar-refractivity contribution in [3.05, 3.63) is 48.0 Å². The number of hydrogen-bond donors (Lipinski definition) is 1. The topological polar surface area (TPSA) is 51.8 Å². The molecule has 0 bridgehead atoms. The van der Waals surface area contributed by atoms with Gasteiger partial charge < -0.3 is 18.7 Å². The molecule has 3 aromatic rings. The molecule has 4 rings (SSSR count). The Balaban J connectivity index is 1.63. The first-order chi connectivity index (χ1) is 13.8. The zero-order chi connectivity index (χ0) is 21.9. The van der Waals surface area contributed by atoms with Crippen molar-refractivity contribution in [1.29, 1.82) is 0 Å². The molecule has 2 aromatic carbocycles. The third kappa shape index (κ3) is 3.88. The van der Waals surface area contributed by atoms with Gasteiger partial charge in [-0.3, -0.25) is 0 Å². The smallest absolute Gasteiger partial charge is 0.250 e. The second-order valence-corrected chi connectivity index (χ2v) is 15.2. The number of fused-ring (bicyclic) bond motifs is 2. The molecule has 5 heteroatoms. The van der Waals surface area contributed by atoms with E-state index in [0.29, 0.717) is 6.42 Å². The Kier molecular flexibility index (Phi) is 4.82. The summed E-state index contributed by atoms with van der Waals surface area (Å²) in [6, 6.07) is 14.3. The second kappa shape index (κ2) is 6.89. The Hall–Kier alpha value is -2.24. The van der Waals surface area contributed by atoms with Gasteiger partial charge in [0.2, 0.25) is 8.32 Å². The summed E-state index contributed by atoms with van der Waals surface area (Å²) in [5.74, 6) is 2.50. The van der Waals surface area contributed by atoms with Crippen LogP contribution in [0.1, 0.15) is 40.2 Å². The lowest BCUT2D eigenvalue weighted by Crippen LogP contribution is -2.43. The van der Waals surface area contributed by atoms with E-state index < -0.39 is 13.9 Å². The molecular weight excluding hydrogens is 392 g/mol. The maximum atomic E-state index is 10.3. The van der Waals surface area contributed by atoms with Crippen LogP contribution in [0.15, 0.2) is 46.9 Å². The van der Waals surface area contributed by atoms with Crippen molar-refractivity contribution >= 4 is 19.3 Å². The van der Waals surface area contributed by atoms with Crippen molar-refractivity contribution in [1.82, 2.24) is 0 Å². The van der Waals surface area contributed by atoms with Crippen molar-refractivity contribution in [3.63, 3.8) is 0 Å². The van der Waals surface area contributed by atoms with Crippen LogP contribution in [-0.4, -0.2) is 25.1 Å². The predicted molar refractivity (Wildman–Crippen MR) is 124 cm³/mol. The Morgan fingerprint density at radius 3 is 2.43 bits per heavy atom. The summed E-state index contributed by atoms with van der Waals surface area (Å²) in [6.07, 6.45) is 0.466. The van der Waals surface area contributed by atoms with Crippen molar-refractivity contribution in [3.8, 4) is 22.8 Å². The van der Waals surface area contributed by atoms with Gasteiger partial charge in [-0.1, -0.05) is 32.9 Å². The molecule has 0 saturated heterocycles. The molecule has 0 aliphatic carbocycles. The van der Waals surface area contributed by atoms with Gasteiger partial charge in [0, 0.05) is 23.4 Å². The summed E-state index contributed by atoms with van der Waals surface area (Å²) >= 11 is 0. The van der Waals surface area contributed by atoms with Crippen molar-refractivity contribution in [2.45, 2.75) is 70.9 Å². The first-order valence-corrected chi connectivity index (χ1v) is 13.5. The molecule has 0 saturated carbocycles. The maximum absolute atomic E-state index is 10.3. The number of ether oxygens (including phenoxy) is 1. The molecule has 30 heavy (non-hydrogen) atoms. The maximum Gasteiger partial charge on any atom is 0.250 e. The minimum absolute atomic E-state index is 0.143. The standard InChI is InChI=1S/C25H32O4Si/c1-24(2,3)30(6,7)29-19-10-8-9-16(12-19)20-13-17-11-18-14-23(25(4,5)26)28-22(18)15-21(17)27-20/h8-13,15,23,26H,14H2,1-7H3. The molecule has 1 N–H and O–H groups in total. The fraction of sp³-hybridized carbons (Fsp3) is 0.440. The predicted octanol–water partition coefficient (Wildman–Crippen LogP) is 6.56. The van der Waals surface area contributed by atoms with Gasteiger partial charge in [0.1, 0.15) is 28.9 Å². The molecule has 2 heterocycles. The quantitative estimate of drug-likeness (QED) is 0.482. The van der Waals surface area contributed by atoms with E-state index in [1.165, 1.54) is 0 Å². The van der Waals surface area contributed by atoms with E-state index in [9.17, 15) is 5.11 Å². The van der Waals surface area contributed by atoms with E-state index in [1.807, 2.05) is 24.3 Å². The number of furan rings is 1. The molecule has 4 nitrogen and oxygen atoms in total. The normalized spacial score (nSPS) is 17.1. The van der Waals surface area contributed by atoms with Gasteiger partial charge >= 0.3 is 0 Å². The molecule has 1 aliphatic rings. The Morgan fingerprint density at radius 2 is 1.77 bits per heavy atom. The zero-order valence-electron chi connectivity index (χ0n) is 19.0. The summed E-state index contributed by atoms with van der Waals surface area (Å²) in [5.41, 5.74) is 2.02. The molecular formula is C25H32O4Si. The Bertz CT molecular complexity index is 1040. The summed E-state index contributed by atoms with van der Waals surface area (Å²) in [6.45, 7) is 14.8. The second-order valence-electron chi connectivity index (χ2n) is 10.5. The summed E-state index contributed by atoms with van der Waals surface area (Å²) < 4.78 is 18.6. The van der Waals surface area contributed by atoms with Crippen molar-refractivity contribution in [2.75, 3.05) is 0 Å². The lowest BCUT2D eigenvalue weighted by molar-refractivity contribution is -0.0229. The highest BCUT2D eigenvalue weighted by Crippen LogP contribution is 2.40. The minimum atomic E-state index is -1.90. The van der Waals surface area contributed by atoms with E-state index in [2.05, 4.69) is 52.1 Å². The fourth-order valence-corrected chi connectivity index (χ4v) is 4.50. The monoisotopic (exact) mass is 424 g/mol. The molecule has 1 atom stereocenters. The Labute approximate surface area is 179 Å². The lowest BCUT2D eigenvalue weighted by atomic mass is 9.97. The van der Waals surface area contributed by atoms with Gasteiger partial charge in [-0.2, -0.15) is 0 Å². The zero-order valence-corrected chi connectivity index (χ0v) is 20.0. The van der Waals surface area contributed by atoms with Gasteiger partial charge in [-0.15, -0.1) is 0 Å². The molecule has 0 fully saturated rings.